The highest BCUT2D eigenvalue weighted by Crippen LogP contribution is 2.43. The van der Waals surface area contributed by atoms with Crippen LogP contribution in [0.4, 0.5) is 5.95 Å². The van der Waals surface area contributed by atoms with Crippen LogP contribution in [-0.4, -0.2) is 83.6 Å². The summed E-state index contributed by atoms with van der Waals surface area (Å²) in [4.78, 5) is 38.1. The Hall–Kier alpha value is -5.94. The second kappa shape index (κ2) is 17.1. The number of aliphatic hydroxyl groups is 1. The van der Waals surface area contributed by atoms with Crippen molar-refractivity contribution in [1.82, 2.24) is 19.0 Å². The van der Waals surface area contributed by atoms with Crippen LogP contribution in [0.3, 0.4) is 0 Å². The molecule has 3 aromatic carbocycles. The number of aliphatic imine (C=N–C) groups is 1. The highest BCUT2D eigenvalue weighted by molar-refractivity contribution is 5.83. The van der Waals surface area contributed by atoms with Gasteiger partial charge in [-0.15, -0.1) is 5.92 Å². The number of esters is 1. The molecule has 0 unspecified atom stereocenters. The van der Waals surface area contributed by atoms with E-state index in [0.29, 0.717) is 22.6 Å². The van der Waals surface area contributed by atoms with Crippen molar-refractivity contribution < 1.29 is 33.6 Å². The summed E-state index contributed by atoms with van der Waals surface area (Å²) in [5.41, 5.74) is 0.995. The fourth-order valence-electron chi connectivity index (χ4n) is 6.71. The van der Waals surface area contributed by atoms with Crippen molar-refractivity contribution in [2.75, 3.05) is 34.9 Å². The van der Waals surface area contributed by atoms with Crippen molar-refractivity contribution in [2.24, 2.45) is 10.4 Å². The van der Waals surface area contributed by atoms with E-state index in [1.807, 2.05) is 78.9 Å². The molecule has 1 fully saturated rings. The van der Waals surface area contributed by atoms with Crippen LogP contribution in [0.15, 0.2) is 94.8 Å². The number of hydrogen-bond acceptors (Lipinski definition) is 10. The van der Waals surface area contributed by atoms with Gasteiger partial charge in [0.25, 0.3) is 5.56 Å². The lowest BCUT2D eigenvalue weighted by Crippen LogP contribution is -2.38. The molecule has 0 amide bonds. The van der Waals surface area contributed by atoms with Crippen LogP contribution in [0, 0.1) is 17.3 Å². The third kappa shape index (κ3) is 8.44. The molecule has 0 bridgehead atoms. The molecule has 2 aromatic heterocycles. The Morgan fingerprint density at radius 2 is 1.58 bits per heavy atom. The Morgan fingerprint density at radius 1 is 0.982 bits per heavy atom. The van der Waals surface area contributed by atoms with E-state index in [2.05, 4.69) is 16.8 Å². The van der Waals surface area contributed by atoms with E-state index in [9.17, 15) is 14.7 Å². The Kier molecular flexibility index (Phi) is 12.2. The number of carbonyl (C=O) groups excluding carboxylic acids is 1. The number of nitrogens with zero attached hydrogens (tertiary/aromatic N) is 5. The fraction of sp³-hybridized carbons (Fsp3) is 0.364. The van der Waals surface area contributed by atoms with Crippen molar-refractivity contribution in [3.8, 4) is 23.3 Å². The molecule has 57 heavy (non-hydrogen) atoms. The highest BCUT2D eigenvalue weighted by atomic mass is 16.6. The average Bonchev–Trinajstić information content (AvgIpc) is 3.76. The zero-order valence-corrected chi connectivity index (χ0v) is 33.6. The van der Waals surface area contributed by atoms with Gasteiger partial charge in [0.1, 0.15) is 40.5 Å². The van der Waals surface area contributed by atoms with E-state index < -0.39 is 47.7 Å². The number of ether oxygens (including phenoxy) is 5. The van der Waals surface area contributed by atoms with Gasteiger partial charge in [0, 0.05) is 26.7 Å². The zero-order valence-electron chi connectivity index (χ0n) is 33.6. The molecule has 1 aliphatic heterocycles. The van der Waals surface area contributed by atoms with E-state index >= 15 is 0 Å². The summed E-state index contributed by atoms with van der Waals surface area (Å²) in [6.07, 6.45) is 0.767. The van der Waals surface area contributed by atoms with E-state index in [4.69, 9.17) is 28.7 Å². The van der Waals surface area contributed by atoms with E-state index in [0.717, 1.165) is 16.7 Å². The van der Waals surface area contributed by atoms with Gasteiger partial charge >= 0.3 is 5.97 Å². The van der Waals surface area contributed by atoms with Crippen molar-refractivity contribution in [2.45, 2.75) is 64.9 Å². The average molecular weight is 776 g/mol. The van der Waals surface area contributed by atoms with Crippen LogP contribution in [-0.2, 0) is 31.3 Å². The maximum Gasteiger partial charge on any atom is 0.312 e. The van der Waals surface area contributed by atoms with E-state index in [-0.39, 0.29) is 24.5 Å². The van der Waals surface area contributed by atoms with Gasteiger partial charge in [-0.25, -0.2) is 14.5 Å². The van der Waals surface area contributed by atoms with Gasteiger partial charge < -0.3 is 38.3 Å². The predicted molar refractivity (Wildman–Crippen MR) is 217 cm³/mol. The Balaban J connectivity index is 1.40. The standard InChI is InChI=1S/C44H49N5O8/c1-9-13-29-25-48(39-38(29)46-42(45-27-47(5)6)49(40(39)51)28-55-41(52)43(2,3)4)37-24-35(50)36(57-37)26-56-44(30-14-11-10-12-15-30,31-16-20-33(53-7)21-17-31)32-18-22-34(54-8)23-19-32/h10-12,14-23,25,27,35-37,50H,24,26,28H2,1-8H3/t35-,36+,37+/m0/s1. The van der Waals surface area contributed by atoms with Gasteiger partial charge in [-0.05, 0) is 68.7 Å². The number of aromatic nitrogens is 3. The van der Waals surface area contributed by atoms with Gasteiger partial charge in [0.2, 0.25) is 5.95 Å². The lowest BCUT2D eigenvalue weighted by Gasteiger charge is -2.37. The van der Waals surface area contributed by atoms with Crippen molar-refractivity contribution in [3.63, 3.8) is 0 Å². The molecule has 1 N–H and O–H groups in total. The summed E-state index contributed by atoms with van der Waals surface area (Å²) in [6, 6.07) is 25.2. The fourth-order valence-corrected chi connectivity index (χ4v) is 6.71. The van der Waals surface area contributed by atoms with Crippen LogP contribution in [0.1, 0.15) is 62.6 Å². The number of aliphatic hydroxyl groups excluding tert-OH is 1. The Bertz CT molecular complexity index is 2290. The van der Waals surface area contributed by atoms with E-state index in [1.54, 1.807) is 71.7 Å². The van der Waals surface area contributed by atoms with Crippen molar-refractivity contribution >= 4 is 29.3 Å². The summed E-state index contributed by atoms with van der Waals surface area (Å²) in [5, 5.41) is 11.6. The number of methoxy groups -OCH3 is 2. The quantitative estimate of drug-likeness (QED) is 0.0498. The summed E-state index contributed by atoms with van der Waals surface area (Å²) < 4.78 is 33.0. The molecular formula is C44H49N5O8. The molecule has 1 saturated heterocycles. The normalized spacial score (nSPS) is 17.0. The summed E-state index contributed by atoms with van der Waals surface area (Å²) in [7, 11) is 6.81. The number of carbonyl (C=O) groups is 1. The molecular weight excluding hydrogens is 727 g/mol. The molecule has 0 spiro atoms. The minimum atomic E-state index is -1.14. The Labute approximate surface area is 332 Å². The molecule has 5 aromatic rings. The molecule has 13 heteroatoms. The number of rotatable bonds is 13. The lowest BCUT2D eigenvalue weighted by molar-refractivity contribution is -0.157. The first-order valence-electron chi connectivity index (χ1n) is 18.6. The second-order valence-corrected chi connectivity index (χ2v) is 14.9. The van der Waals surface area contributed by atoms with E-state index in [1.165, 1.54) is 10.9 Å². The van der Waals surface area contributed by atoms with Gasteiger partial charge in [-0.2, -0.15) is 0 Å². The zero-order chi connectivity index (χ0) is 40.9. The van der Waals surface area contributed by atoms with Crippen molar-refractivity contribution in [3.05, 3.63) is 118 Å². The molecule has 6 rings (SSSR count). The van der Waals surface area contributed by atoms with Gasteiger partial charge in [-0.3, -0.25) is 9.59 Å². The first-order chi connectivity index (χ1) is 27.3. The topological polar surface area (TPSA) is 139 Å². The molecule has 0 saturated carbocycles. The van der Waals surface area contributed by atoms with Crippen LogP contribution in [0.5, 0.6) is 11.5 Å². The maximum atomic E-state index is 14.4. The molecule has 1 aliphatic rings. The number of hydrogen-bond donors (Lipinski definition) is 1. The van der Waals surface area contributed by atoms with Crippen LogP contribution in [0.2, 0.25) is 0 Å². The molecule has 0 aliphatic carbocycles. The Morgan fingerprint density at radius 3 is 2.12 bits per heavy atom. The van der Waals surface area contributed by atoms with Gasteiger partial charge in [0.15, 0.2) is 6.73 Å². The number of benzene rings is 3. The third-order valence-corrected chi connectivity index (χ3v) is 9.66. The predicted octanol–water partition coefficient (Wildman–Crippen LogP) is 6.01. The SMILES string of the molecule is CC#Cc1cn([C@H]2C[C@H](O)[C@@H](COC(c3ccccc3)(c3ccc(OC)cc3)c3ccc(OC)cc3)O2)c2c(=O)n(COC(=O)C(C)(C)C)c(N=CN(C)C)nc12. The molecule has 298 valence electrons. The monoisotopic (exact) mass is 775 g/mol. The smallest absolute Gasteiger partial charge is 0.312 e. The molecule has 3 heterocycles. The first kappa shape index (κ1) is 40.7. The van der Waals surface area contributed by atoms with Crippen LogP contribution in [0.25, 0.3) is 11.0 Å². The van der Waals surface area contributed by atoms with Gasteiger partial charge in [0.05, 0.1) is 44.2 Å². The van der Waals surface area contributed by atoms with Crippen LogP contribution < -0.4 is 15.0 Å². The van der Waals surface area contributed by atoms with Crippen LogP contribution >= 0.6 is 0 Å². The van der Waals surface area contributed by atoms with Crippen molar-refractivity contribution in [1.29, 1.82) is 0 Å². The molecule has 0 radical (unpaired) electrons. The molecule has 3 atom stereocenters. The minimum Gasteiger partial charge on any atom is -0.497 e. The maximum absolute atomic E-state index is 14.4. The largest absolute Gasteiger partial charge is 0.497 e. The first-order valence-corrected chi connectivity index (χ1v) is 18.6. The summed E-state index contributed by atoms with van der Waals surface area (Å²) >= 11 is 0. The molecule has 13 nitrogen and oxygen atoms in total. The number of fused-ring (bicyclic) bond motifs is 1. The second-order valence-electron chi connectivity index (χ2n) is 14.9. The summed E-state index contributed by atoms with van der Waals surface area (Å²) in [6.45, 7) is 6.43. The lowest BCUT2D eigenvalue weighted by atomic mass is 9.80. The summed E-state index contributed by atoms with van der Waals surface area (Å²) in [5.74, 6) is 6.88. The third-order valence-electron chi connectivity index (χ3n) is 9.66. The highest BCUT2D eigenvalue weighted by Gasteiger charge is 2.42. The minimum absolute atomic E-state index is 0.0277. The van der Waals surface area contributed by atoms with Gasteiger partial charge in [-0.1, -0.05) is 60.5 Å².